The molecular formula is C14H21N3. The number of hydrogen-bond donors (Lipinski definition) is 1. The van der Waals surface area contributed by atoms with Crippen molar-refractivity contribution in [2.45, 2.75) is 57.3 Å². The Labute approximate surface area is 103 Å². The Morgan fingerprint density at radius 2 is 2.00 bits per heavy atom. The zero-order valence-electron chi connectivity index (χ0n) is 10.5. The Morgan fingerprint density at radius 3 is 2.65 bits per heavy atom. The van der Waals surface area contributed by atoms with Crippen molar-refractivity contribution in [2.24, 2.45) is 5.73 Å². The predicted octanol–water partition coefficient (Wildman–Crippen LogP) is 1.84. The molecule has 0 amide bonds. The lowest BCUT2D eigenvalue weighted by molar-refractivity contribution is 0.118. The molecule has 2 aliphatic rings. The molecule has 1 aromatic rings. The van der Waals surface area contributed by atoms with Gasteiger partial charge in [0.15, 0.2) is 0 Å². The van der Waals surface area contributed by atoms with E-state index < -0.39 is 0 Å². The molecule has 0 aromatic carbocycles. The molecular weight excluding hydrogens is 210 g/mol. The summed E-state index contributed by atoms with van der Waals surface area (Å²) in [7, 11) is 0. The van der Waals surface area contributed by atoms with Crippen molar-refractivity contribution in [3.8, 4) is 0 Å². The molecule has 2 aliphatic heterocycles. The lowest BCUT2D eigenvalue weighted by Crippen LogP contribution is -2.46. The Morgan fingerprint density at radius 1 is 1.29 bits per heavy atom. The van der Waals surface area contributed by atoms with Crippen LogP contribution in [-0.2, 0) is 6.54 Å². The van der Waals surface area contributed by atoms with E-state index in [0.717, 1.165) is 12.2 Å². The van der Waals surface area contributed by atoms with Crippen LogP contribution in [0.5, 0.6) is 0 Å². The van der Waals surface area contributed by atoms with Crippen LogP contribution in [0.25, 0.3) is 0 Å². The maximum Gasteiger partial charge on any atom is 0.0547 e. The van der Waals surface area contributed by atoms with Gasteiger partial charge in [0.25, 0.3) is 0 Å². The molecule has 0 radical (unpaired) electrons. The molecule has 0 aliphatic carbocycles. The van der Waals surface area contributed by atoms with Crippen molar-refractivity contribution >= 4 is 0 Å². The minimum absolute atomic E-state index is 0.425. The Kier molecular flexibility index (Phi) is 2.89. The summed E-state index contributed by atoms with van der Waals surface area (Å²) in [5.41, 5.74) is 8.41. The van der Waals surface area contributed by atoms with E-state index in [-0.39, 0.29) is 0 Å². The van der Waals surface area contributed by atoms with E-state index in [1.807, 2.05) is 0 Å². The van der Waals surface area contributed by atoms with Crippen molar-refractivity contribution in [2.75, 3.05) is 0 Å². The number of aromatic nitrogens is 1. The fraction of sp³-hybridized carbons (Fsp3) is 0.643. The lowest BCUT2D eigenvalue weighted by Gasteiger charge is -2.37. The molecule has 2 fully saturated rings. The quantitative estimate of drug-likeness (QED) is 0.844. The van der Waals surface area contributed by atoms with Gasteiger partial charge in [-0.05, 0) is 44.7 Å². The van der Waals surface area contributed by atoms with Crippen molar-refractivity contribution < 1.29 is 0 Å². The second kappa shape index (κ2) is 4.39. The van der Waals surface area contributed by atoms with Crippen LogP contribution in [0.3, 0.4) is 0 Å². The lowest BCUT2D eigenvalue weighted by atomic mass is 9.98. The first-order chi connectivity index (χ1) is 8.22. The van der Waals surface area contributed by atoms with Gasteiger partial charge in [-0.1, -0.05) is 6.07 Å². The summed E-state index contributed by atoms with van der Waals surface area (Å²) in [5.74, 6) is 0. The third-order valence-electron chi connectivity index (χ3n) is 4.21. The minimum atomic E-state index is 0.425. The van der Waals surface area contributed by atoms with Gasteiger partial charge in [-0.15, -0.1) is 0 Å². The highest BCUT2D eigenvalue weighted by Gasteiger charge is 2.39. The summed E-state index contributed by atoms with van der Waals surface area (Å²) in [6.45, 7) is 3.06. The van der Waals surface area contributed by atoms with E-state index >= 15 is 0 Å². The molecule has 3 heteroatoms. The molecule has 2 unspecified atom stereocenters. The smallest absolute Gasteiger partial charge is 0.0547 e. The van der Waals surface area contributed by atoms with Gasteiger partial charge in [-0.25, -0.2) is 0 Å². The molecule has 3 heterocycles. The summed E-state index contributed by atoms with van der Waals surface area (Å²) in [5, 5.41) is 0. The maximum atomic E-state index is 6.09. The second-order valence-electron chi connectivity index (χ2n) is 5.56. The summed E-state index contributed by atoms with van der Waals surface area (Å²) < 4.78 is 0. The molecule has 3 nitrogen and oxygen atoms in total. The van der Waals surface area contributed by atoms with Gasteiger partial charge in [0.2, 0.25) is 0 Å². The minimum Gasteiger partial charge on any atom is -0.328 e. The largest absolute Gasteiger partial charge is 0.328 e. The molecule has 1 aromatic heterocycles. The van der Waals surface area contributed by atoms with Gasteiger partial charge >= 0.3 is 0 Å². The standard InChI is InChI=1S/C14H21N3/c1-10-3-2-4-12(16-10)9-17-13-5-6-14(17)8-11(15)7-13/h2-4,11,13-14H,5-9,15H2,1H3. The Hall–Kier alpha value is -0.930. The van der Waals surface area contributed by atoms with Crippen LogP contribution in [0.1, 0.15) is 37.1 Å². The van der Waals surface area contributed by atoms with Gasteiger partial charge in [0.1, 0.15) is 0 Å². The van der Waals surface area contributed by atoms with Gasteiger partial charge in [0.05, 0.1) is 5.69 Å². The fourth-order valence-electron chi connectivity index (χ4n) is 3.45. The maximum absolute atomic E-state index is 6.09. The van der Waals surface area contributed by atoms with Crippen LogP contribution in [0.4, 0.5) is 0 Å². The zero-order chi connectivity index (χ0) is 11.8. The highest BCUT2D eigenvalue weighted by Crippen LogP contribution is 2.35. The fourth-order valence-corrected chi connectivity index (χ4v) is 3.45. The first-order valence-corrected chi connectivity index (χ1v) is 6.66. The second-order valence-corrected chi connectivity index (χ2v) is 5.56. The number of piperidine rings is 1. The van der Waals surface area contributed by atoms with Crippen LogP contribution >= 0.6 is 0 Å². The van der Waals surface area contributed by atoms with Crippen LogP contribution in [-0.4, -0.2) is 28.0 Å². The molecule has 2 bridgehead atoms. The highest BCUT2D eigenvalue weighted by atomic mass is 15.2. The van der Waals surface area contributed by atoms with E-state index in [1.54, 1.807) is 0 Å². The Balaban J connectivity index is 1.74. The average Bonchev–Trinajstić information content (AvgIpc) is 2.54. The number of nitrogens with zero attached hydrogens (tertiary/aromatic N) is 2. The number of nitrogens with two attached hydrogens (primary N) is 1. The number of fused-ring (bicyclic) bond motifs is 2. The van der Waals surface area contributed by atoms with Gasteiger partial charge in [-0.2, -0.15) is 0 Å². The summed E-state index contributed by atoms with van der Waals surface area (Å²) in [4.78, 5) is 7.24. The Bertz CT molecular complexity index is 390. The number of pyridine rings is 1. The molecule has 2 atom stereocenters. The SMILES string of the molecule is Cc1cccc(CN2C3CCC2CC(N)C3)n1. The molecule has 2 saturated heterocycles. The monoisotopic (exact) mass is 231 g/mol. The topological polar surface area (TPSA) is 42.1 Å². The van der Waals surface area contributed by atoms with Crippen LogP contribution < -0.4 is 5.73 Å². The first kappa shape index (κ1) is 11.2. The molecule has 2 N–H and O–H groups in total. The predicted molar refractivity (Wildman–Crippen MR) is 68.5 cm³/mol. The molecule has 0 saturated carbocycles. The summed E-state index contributed by atoms with van der Waals surface area (Å²) in [6.07, 6.45) is 4.99. The normalized spacial score (nSPS) is 32.9. The van der Waals surface area contributed by atoms with Crippen LogP contribution in [0, 0.1) is 6.92 Å². The van der Waals surface area contributed by atoms with Crippen LogP contribution in [0.15, 0.2) is 18.2 Å². The van der Waals surface area contributed by atoms with E-state index in [9.17, 15) is 0 Å². The molecule has 0 spiro atoms. The summed E-state index contributed by atoms with van der Waals surface area (Å²) in [6, 6.07) is 8.13. The molecule has 17 heavy (non-hydrogen) atoms. The van der Waals surface area contributed by atoms with E-state index in [1.165, 1.54) is 31.4 Å². The number of hydrogen-bond acceptors (Lipinski definition) is 3. The van der Waals surface area contributed by atoms with E-state index in [0.29, 0.717) is 18.1 Å². The van der Waals surface area contributed by atoms with E-state index in [2.05, 4.69) is 35.0 Å². The highest BCUT2D eigenvalue weighted by molar-refractivity contribution is 5.11. The van der Waals surface area contributed by atoms with Crippen LogP contribution in [0.2, 0.25) is 0 Å². The third-order valence-corrected chi connectivity index (χ3v) is 4.21. The van der Waals surface area contributed by atoms with Crippen molar-refractivity contribution in [1.29, 1.82) is 0 Å². The molecule has 92 valence electrons. The van der Waals surface area contributed by atoms with Gasteiger partial charge in [-0.3, -0.25) is 9.88 Å². The number of aryl methyl sites for hydroxylation is 1. The summed E-state index contributed by atoms with van der Waals surface area (Å²) >= 11 is 0. The van der Waals surface area contributed by atoms with Gasteiger partial charge < -0.3 is 5.73 Å². The first-order valence-electron chi connectivity index (χ1n) is 6.66. The van der Waals surface area contributed by atoms with E-state index in [4.69, 9.17) is 5.73 Å². The molecule has 3 rings (SSSR count). The zero-order valence-corrected chi connectivity index (χ0v) is 10.5. The third kappa shape index (κ3) is 2.22. The number of rotatable bonds is 2. The van der Waals surface area contributed by atoms with Crippen molar-refractivity contribution in [3.05, 3.63) is 29.6 Å². The van der Waals surface area contributed by atoms with Gasteiger partial charge in [0, 0.05) is 30.4 Å². The van der Waals surface area contributed by atoms with Crippen molar-refractivity contribution in [1.82, 2.24) is 9.88 Å². The van der Waals surface area contributed by atoms with Crippen molar-refractivity contribution in [3.63, 3.8) is 0 Å². The average molecular weight is 231 g/mol.